The third kappa shape index (κ3) is 4.22. The second-order valence-corrected chi connectivity index (χ2v) is 6.05. The van der Waals surface area contributed by atoms with Crippen LogP contribution in [0, 0.1) is 0 Å². The summed E-state index contributed by atoms with van der Waals surface area (Å²) in [6, 6.07) is 0. The minimum absolute atomic E-state index is 0.0101. The van der Waals surface area contributed by atoms with Gasteiger partial charge >= 0.3 is 18.1 Å². The van der Waals surface area contributed by atoms with Crippen molar-refractivity contribution in [1.82, 2.24) is 15.1 Å². The molecule has 0 atom stereocenters. The summed E-state index contributed by atoms with van der Waals surface area (Å²) in [5.74, 6) is -3.25. The molecule has 0 aliphatic heterocycles. The third-order valence-electron chi connectivity index (χ3n) is 2.13. The van der Waals surface area contributed by atoms with E-state index in [-0.39, 0.29) is 16.5 Å². The average Bonchev–Trinajstić information content (AvgIpc) is 3.05. The lowest BCUT2D eigenvalue weighted by atomic mass is 10.4. The van der Waals surface area contributed by atoms with E-state index in [1.807, 2.05) is 0 Å². The number of allylic oxidation sites excluding steroid dienone is 1. The average molecular weight is 361 g/mol. The van der Waals surface area contributed by atoms with Crippen molar-refractivity contribution in [2.24, 2.45) is 0 Å². The van der Waals surface area contributed by atoms with E-state index in [9.17, 15) is 26.3 Å². The maximum Gasteiger partial charge on any atom is 0.471 e. The summed E-state index contributed by atoms with van der Waals surface area (Å²) in [6.07, 6.45) is -6.36. The van der Waals surface area contributed by atoms with Crippen LogP contribution in [0.5, 0.6) is 0 Å². The lowest BCUT2D eigenvalue weighted by molar-refractivity contribution is -0.159. The van der Waals surface area contributed by atoms with Gasteiger partial charge in [0.25, 0.3) is 0 Å². The molecule has 0 radical (unpaired) electrons. The fourth-order valence-electron chi connectivity index (χ4n) is 1.19. The van der Waals surface area contributed by atoms with Crippen molar-refractivity contribution >= 4 is 23.1 Å². The topological polar surface area (TPSA) is 51.8 Å². The molecule has 0 saturated heterocycles. The Bertz CT molecular complexity index is 676. The van der Waals surface area contributed by atoms with Gasteiger partial charge in [-0.15, -0.1) is 11.3 Å². The highest BCUT2D eigenvalue weighted by Crippen LogP contribution is 2.33. The SMILES string of the molecule is FC(F)=C(F)CCSc1ncc(-c2noc(C(F)(F)F)n2)s1. The first-order valence-corrected chi connectivity index (χ1v) is 7.27. The highest BCUT2D eigenvalue weighted by atomic mass is 32.2. The normalized spacial score (nSPS) is 11.7. The Labute approximate surface area is 127 Å². The number of nitrogens with zero attached hydrogens (tertiary/aromatic N) is 3. The van der Waals surface area contributed by atoms with Crippen LogP contribution in [0.25, 0.3) is 10.7 Å². The van der Waals surface area contributed by atoms with Crippen LogP contribution in [0.2, 0.25) is 0 Å². The van der Waals surface area contributed by atoms with Crippen LogP contribution < -0.4 is 0 Å². The first-order valence-electron chi connectivity index (χ1n) is 5.47. The van der Waals surface area contributed by atoms with Gasteiger partial charge in [0, 0.05) is 12.2 Å². The summed E-state index contributed by atoms with van der Waals surface area (Å²) in [7, 11) is 0. The zero-order valence-electron chi connectivity index (χ0n) is 10.3. The molecule has 22 heavy (non-hydrogen) atoms. The number of hydrogen-bond donors (Lipinski definition) is 0. The Morgan fingerprint density at radius 1 is 1.27 bits per heavy atom. The van der Waals surface area contributed by atoms with Gasteiger partial charge < -0.3 is 4.52 Å². The number of alkyl halides is 3. The lowest BCUT2D eigenvalue weighted by Crippen LogP contribution is -2.04. The Kier molecular flexibility index (Phi) is 5.11. The Hall–Kier alpha value is -1.56. The van der Waals surface area contributed by atoms with Gasteiger partial charge in [0.1, 0.15) is 0 Å². The Balaban J connectivity index is 2.00. The van der Waals surface area contributed by atoms with E-state index in [4.69, 9.17) is 0 Å². The highest BCUT2D eigenvalue weighted by molar-refractivity contribution is 8.01. The number of rotatable bonds is 5. The van der Waals surface area contributed by atoms with Crippen LogP contribution >= 0.6 is 23.1 Å². The molecule has 0 saturated carbocycles. The van der Waals surface area contributed by atoms with Crippen molar-refractivity contribution in [2.75, 3.05) is 5.75 Å². The van der Waals surface area contributed by atoms with Crippen molar-refractivity contribution in [2.45, 2.75) is 16.9 Å². The molecule has 0 aromatic carbocycles. The number of thiazole rings is 1. The summed E-state index contributed by atoms with van der Waals surface area (Å²) in [5.41, 5.74) is 0. The van der Waals surface area contributed by atoms with Crippen molar-refractivity contribution in [3.63, 3.8) is 0 Å². The van der Waals surface area contributed by atoms with Crippen molar-refractivity contribution in [3.05, 3.63) is 24.0 Å². The van der Waals surface area contributed by atoms with E-state index in [2.05, 4.69) is 19.6 Å². The molecule has 0 fully saturated rings. The molecule has 0 aliphatic carbocycles. The van der Waals surface area contributed by atoms with Gasteiger partial charge in [-0.3, -0.25) is 0 Å². The molecule has 2 aromatic heterocycles. The van der Waals surface area contributed by atoms with Gasteiger partial charge in [0.05, 0.1) is 11.1 Å². The van der Waals surface area contributed by atoms with Crippen molar-refractivity contribution in [3.8, 4) is 10.7 Å². The van der Waals surface area contributed by atoms with Crippen LogP contribution in [0.15, 0.2) is 27.0 Å². The van der Waals surface area contributed by atoms with Crippen molar-refractivity contribution < 1.29 is 30.9 Å². The van der Waals surface area contributed by atoms with Crippen LogP contribution in [0.3, 0.4) is 0 Å². The van der Waals surface area contributed by atoms with E-state index < -0.39 is 30.4 Å². The first kappa shape index (κ1) is 16.8. The summed E-state index contributed by atoms with van der Waals surface area (Å²) in [5, 5.41) is 3.19. The predicted octanol–water partition coefficient (Wildman–Crippen LogP) is 4.77. The second-order valence-electron chi connectivity index (χ2n) is 3.68. The zero-order chi connectivity index (χ0) is 16.3. The smallest absolute Gasteiger partial charge is 0.329 e. The minimum atomic E-state index is -4.74. The molecule has 120 valence electrons. The molecular formula is C10H5F6N3OS2. The van der Waals surface area contributed by atoms with E-state index >= 15 is 0 Å². The quantitative estimate of drug-likeness (QED) is 0.567. The summed E-state index contributed by atoms with van der Waals surface area (Å²) < 4.78 is 77.6. The zero-order valence-corrected chi connectivity index (χ0v) is 12.0. The monoisotopic (exact) mass is 361 g/mol. The molecule has 12 heteroatoms. The van der Waals surface area contributed by atoms with Gasteiger partial charge in [-0.25, -0.2) is 9.37 Å². The Morgan fingerprint density at radius 3 is 2.59 bits per heavy atom. The maximum atomic E-state index is 12.6. The molecule has 0 spiro atoms. The van der Waals surface area contributed by atoms with E-state index in [1.54, 1.807) is 0 Å². The summed E-state index contributed by atoms with van der Waals surface area (Å²) in [6.45, 7) is 0. The Morgan fingerprint density at radius 2 is 2.00 bits per heavy atom. The summed E-state index contributed by atoms with van der Waals surface area (Å²) in [4.78, 5) is 7.26. The molecule has 0 aliphatic rings. The number of halogens is 6. The standard InChI is InChI=1S/C10H5F6N3OS2/c11-4(6(12)13)1-2-21-9-17-3-5(22-9)7-18-8(20-19-7)10(14,15)16/h3H,1-2H2. The van der Waals surface area contributed by atoms with Crippen LogP contribution in [-0.2, 0) is 6.18 Å². The molecule has 2 heterocycles. The van der Waals surface area contributed by atoms with Gasteiger partial charge in [0.15, 0.2) is 10.2 Å². The lowest BCUT2D eigenvalue weighted by Gasteiger charge is -1.95. The molecule has 0 amide bonds. The molecule has 4 nitrogen and oxygen atoms in total. The molecule has 2 rings (SSSR count). The molecule has 0 unspecified atom stereocenters. The van der Waals surface area contributed by atoms with E-state index in [0.29, 0.717) is 4.34 Å². The van der Waals surface area contributed by atoms with Crippen molar-refractivity contribution in [1.29, 1.82) is 0 Å². The van der Waals surface area contributed by atoms with Crippen LogP contribution in [0.4, 0.5) is 26.3 Å². The molecule has 0 bridgehead atoms. The molecular weight excluding hydrogens is 356 g/mol. The van der Waals surface area contributed by atoms with Crippen LogP contribution in [-0.4, -0.2) is 20.9 Å². The van der Waals surface area contributed by atoms with E-state index in [0.717, 1.165) is 23.1 Å². The summed E-state index contributed by atoms with van der Waals surface area (Å²) >= 11 is 1.93. The number of thioether (sulfide) groups is 1. The maximum absolute atomic E-state index is 12.6. The minimum Gasteiger partial charge on any atom is -0.329 e. The highest BCUT2D eigenvalue weighted by Gasteiger charge is 2.38. The number of hydrogen-bond acceptors (Lipinski definition) is 6. The number of aromatic nitrogens is 3. The van der Waals surface area contributed by atoms with Gasteiger partial charge in [-0.1, -0.05) is 16.9 Å². The molecule has 0 N–H and O–H groups in total. The van der Waals surface area contributed by atoms with Gasteiger partial charge in [0.2, 0.25) is 5.82 Å². The third-order valence-corrected chi connectivity index (χ3v) is 4.28. The first-order chi connectivity index (χ1) is 10.3. The fraction of sp³-hybridized carbons (Fsp3) is 0.300. The fourth-order valence-corrected chi connectivity index (χ4v) is 3.10. The second kappa shape index (κ2) is 6.69. The predicted molar refractivity (Wildman–Crippen MR) is 66.1 cm³/mol. The van der Waals surface area contributed by atoms with E-state index in [1.165, 1.54) is 6.20 Å². The largest absolute Gasteiger partial charge is 0.471 e. The van der Waals surface area contributed by atoms with Crippen LogP contribution in [0.1, 0.15) is 12.3 Å². The van der Waals surface area contributed by atoms with Gasteiger partial charge in [-0.05, 0) is 0 Å². The van der Waals surface area contributed by atoms with Gasteiger partial charge in [-0.2, -0.15) is 26.9 Å². The molecule has 2 aromatic rings.